The maximum Gasteiger partial charge on any atom is 0.119 e. The lowest BCUT2D eigenvalue weighted by Gasteiger charge is -2.40. The summed E-state index contributed by atoms with van der Waals surface area (Å²) in [5.74, 6) is 0.819. The van der Waals surface area contributed by atoms with E-state index in [1.807, 2.05) is 38.1 Å². The van der Waals surface area contributed by atoms with Gasteiger partial charge in [0, 0.05) is 5.03 Å². The molecule has 1 aromatic carbocycles. The maximum atomic E-state index is 10.2. The summed E-state index contributed by atoms with van der Waals surface area (Å²) in [7, 11) is 0. The summed E-state index contributed by atoms with van der Waals surface area (Å²) in [6, 6.07) is 7.79. The van der Waals surface area contributed by atoms with Crippen molar-refractivity contribution in [3.05, 3.63) is 64.7 Å². The molecule has 29 heavy (non-hydrogen) atoms. The maximum absolute atomic E-state index is 10.2. The van der Waals surface area contributed by atoms with E-state index >= 15 is 0 Å². The summed E-state index contributed by atoms with van der Waals surface area (Å²) >= 11 is 6.38. The Kier molecular flexibility index (Phi) is 8.89. The zero-order chi connectivity index (χ0) is 21.6. The highest BCUT2D eigenvalue weighted by atomic mass is 35.5. The Morgan fingerprint density at radius 1 is 1.14 bits per heavy atom. The van der Waals surface area contributed by atoms with Gasteiger partial charge in [-0.15, -0.1) is 0 Å². The van der Waals surface area contributed by atoms with Gasteiger partial charge < -0.3 is 29.9 Å². The topological polar surface area (TPSA) is 99.4 Å². The van der Waals surface area contributed by atoms with Crippen LogP contribution in [-0.2, 0) is 11.2 Å². The van der Waals surface area contributed by atoms with Gasteiger partial charge in [0.05, 0.1) is 13.2 Å². The van der Waals surface area contributed by atoms with Crippen LogP contribution in [0.4, 0.5) is 0 Å². The number of aliphatic hydroxyl groups excluding tert-OH is 4. The number of hydrogen-bond acceptors (Lipinski definition) is 6. The zero-order valence-corrected chi connectivity index (χ0v) is 17.4. The molecule has 0 aromatic heterocycles. The van der Waals surface area contributed by atoms with E-state index in [0.717, 1.165) is 16.9 Å². The molecule has 6 nitrogen and oxygen atoms in total. The summed E-state index contributed by atoms with van der Waals surface area (Å²) in [5, 5.41) is 39.7. The first kappa shape index (κ1) is 23.6. The summed E-state index contributed by atoms with van der Waals surface area (Å²) in [5.41, 5.74) is 2.40. The molecule has 1 saturated heterocycles. The molecule has 1 fully saturated rings. The Bertz CT molecular complexity index is 740. The minimum absolute atomic E-state index is 0.369. The van der Waals surface area contributed by atoms with Crippen LogP contribution in [0.3, 0.4) is 0 Å². The van der Waals surface area contributed by atoms with Crippen LogP contribution in [0.15, 0.2) is 59.2 Å². The van der Waals surface area contributed by atoms with Crippen LogP contribution < -0.4 is 4.74 Å². The third kappa shape index (κ3) is 6.15. The van der Waals surface area contributed by atoms with Crippen molar-refractivity contribution < 1.29 is 29.9 Å². The number of hydrogen-bond donors (Lipinski definition) is 4. The Morgan fingerprint density at radius 2 is 1.79 bits per heavy atom. The smallest absolute Gasteiger partial charge is 0.119 e. The fourth-order valence-corrected chi connectivity index (χ4v) is 3.22. The molecule has 0 aliphatic carbocycles. The van der Waals surface area contributed by atoms with Crippen molar-refractivity contribution in [2.45, 2.75) is 50.8 Å². The molecule has 1 aliphatic rings. The highest BCUT2D eigenvalue weighted by molar-refractivity contribution is 6.31. The minimum atomic E-state index is -1.44. The Balaban J connectivity index is 2.03. The average molecular weight is 425 g/mol. The number of allylic oxidation sites excluding steroid dienone is 3. The van der Waals surface area contributed by atoms with Crippen LogP contribution in [0.5, 0.6) is 5.75 Å². The van der Waals surface area contributed by atoms with Gasteiger partial charge in [-0.1, -0.05) is 42.0 Å². The number of ether oxygens (including phenoxy) is 2. The van der Waals surface area contributed by atoms with Crippen LogP contribution >= 0.6 is 11.6 Å². The predicted octanol–water partition coefficient (Wildman–Crippen LogP) is 2.10. The van der Waals surface area contributed by atoms with Crippen LogP contribution in [0, 0.1) is 0 Å². The van der Waals surface area contributed by atoms with Crippen molar-refractivity contribution in [3.8, 4) is 5.75 Å². The van der Waals surface area contributed by atoms with Gasteiger partial charge in [-0.2, -0.15) is 0 Å². The highest BCUT2D eigenvalue weighted by Gasteiger charge is 2.43. The molecule has 7 heteroatoms. The van der Waals surface area contributed by atoms with Gasteiger partial charge in [0.1, 0.15) is 36.3 Å². The number of aliphatic hydroxyl groups is 4. The van der Waals surface area contributed by atoms with Crippen LogP contribution in [0.2, 0.25) is 0 Å². The zero-order valence-electron chi connectivity index (χ0n) is 16.7. The third-order valence-electron chi connectivity index (χ3n) is 4.81. The van der Waals surface area contributed by atoms with E-state index in [4.69, 9.17) is 21.1 Å². The lowest BCUT2D eigenvalue weighted by molar-refractivity contribution is -0.218. The SMILES string of the molecule is C=C(/C=C\C(Cl)=C(/C)Cc1ccc(OCC)cc1)C1OC(CO)[C@@H](O)[C@H](O)[C@H]1O. The average Bonchev–Trinajstić information content (AvgIpc) is 2.71. The first-order chi connectivity index (χ1) is 13.8. The van der Waals surface area contributed by atoms with E-state index in [9.17, 15) is 20.4 Å². The van der Waals surface area contributed by atoms with Crippen molar-refractivity contribution in [2.75, 3.05) is 13.2 Å². The normalized spacial score (nSPS) is 28.3. The molecule has 1 aromatic rings. The Labute approximate surface area is 176 Å². The monoisotopic (exact) mass is 424 g/mol. The molecular weight excluding hydrogens is 396 g/mol. The molecule has 0 bridgehead atoms. The fraction of sp³-hybridized carbons (Fsp3) is 0.455. The van der Waals surface area contributed by atoms with Crippen molar-refractivity contribution in [2.24, 2.45) is 0 Å². The lowest BCUT2D eigenvalue weighted by atomic mass is 9.91. The molecule has 0 radical (unpaired) electrons. The first-order valence-electron chi connectivity index (χ1n) is 9.52. The van der Waals surface area contributed by atoms with E-state index in [1.165, 1.54) is 0 Å². The van der Waals surface area contributed by atoms with Crippen molar-refractivity contribution in [3.63, 3.8) is 0 Å². The highest BCUT2D eigenvalue weighted by Crippen LogP contribution is 2.26. The molecule has 160 valence electrons. The molecule has 1 aliphatic heterocycles. The van der Waals surface area contributed by atoms with E-state index in [1.54, 1.807) is 12.2 Å². The fourth-order valence-electron chi connectivity index (χ4n) is 3.09. The number of benzene rings is 1. The van der Waals surface area contributed by atoms with Gasteiger partial charge in [0.25, 0.3) is 0 Å². The van der Waals surface area contributed by atoms with E-state index < -0.39 is 37.1 Å². The van der Waals surface area contributed by atoms with Crippen molar-refractivity contribution in [1.29, 1.82) is 0 Å². The van der Waals surface area contributed by atoms with Crippen LogP contribution in [0.1, 0.15) is 19.4 Å². The van der Waals surface area contributed by atoms with E-state index in [-0.39, 0.29) is 0 Å². The second kappa shape index (κ2) is 10.9. The van der Waals surface area contributed by atoms with Crippen LogP contribution in [-0.4, -0.2) is 64.2 Å². The van der Waals surface area contributed by atoms with Gasteiger partial charge in [-0.3, -0.25) is 0 Å². The van der Waals surface area contributed by atoms with Crippen LogP contribution in [0.25, 0.3) is 0 Å². The molecule has 5 atom stereocenters. The molecule has 2 rings (SSSR count). The van der Waals surface area contributed by atoms with E-state index in [2.05, 4.69) is 6.58 Å². The largest absolute Gasteiger partial charge is 0.494 e. The Hall–Kier alpha value is -1.67. The molecule has 0 amide bonds. The number of rotatable bonds is 8. The number of halogens is 1. The summed E-state index contributed by atoms with van der Waals surface area (Å²) in [6.07, 6.45) is -2.24. The lowest BCUT2D eigenvalue weighted by Crippen LogP contribution is -2.58. The molecule has 2 unspecified atom stereocenters. The predicted molar refractivity (Wildman–Crippen MR) is 112 cm³/mol. The summed E-state index contributed by atoms with van der Waals surface area (Å²) in [6.45, 7) is 7.84. The van der Waals surface area contributed by atoms with Gasteiger partial charge in [0.2, 0.25) is 0 Å². The quantitative estimate of drug-likeness (QED) is 0.477. The second-order valence-corrected chi connectivity index (χ2v) is 7.45. The standard InChI is InChI=1S/C22H29ClO6/c1-4-28-16-8-6-15(7-9-16)11-14(3)17(23)10-5-13(2)22-21(27)20(26)19(25)18(12-24)29-22/h5-10,18-22,24-27H,2,4,11-12H2,1,3H3/b10-5-,17-14-/t18?,19-,20+,21-,22?/m1/s1. The molecule has 1 heterocycles. The summed E-state index contributed by atoms with van der Waals surface area (Å²) < 4.78 is 10.9. The van der Waals surface area contributed by atoms with E-state index in [0.29, 0.717) is 23.6 Å². The first-order valence-corrected chi connectivity index (χ1v) is 9.90. The molecular formula is C22H29ClO6. The van der Waals surface area contributed by atoms with Gasteiger partial charge in [-0.25, -0.2) is 0 Å². The van der Waals surface area contributed by atoms with Crippen molar-refractivity contribution >= 4 is 11.6 Å². The molecule has 0 spiro atoms. The van der Waals surface area contributed by atoms with Gasteiger partial charge in [0.15, 0.2) is 0 Å². The van der Waals surface area contributed by atoms with Gasteiger partial charge in [-0.05, 0) is 49.6 Å². The van der Waals surface area contributed by atoms with Gasteiger partial charge >= 0.3 is 0 Å². The van der Waals surface area contributed by atoms with Crippen molar-refractivity contribution in [1.82, 2.24) is 0 Å². The minimum Gasteiger partial charge on any atom is -0.494 e. The summed E-state index contributed by atoms with van der Waals surface area (Å²) in [4.78, 5) is 0. The Morgan fingerprint density at radius 3 is 2.38 bits per heavy atom. The second-order valence-electron chi connectivity index (χ2n) is 7.04. The molecule has 0 saturated carbocycles. The molecule has 4 N–H and O–H groups in total. The third-order valence-corrected chi connectivity index (χ3v) is 5.26.